The van der Waals surface area contributed by atoms with Crippen LogP contribution in [0.3, 0.4) is 0 Å². The molecule has 0 saturated carbocycles. The first-order valence-corrected chi connectivity index (χ1v) is 3.85. The topological polar surface area (TPSA) is 30.5 Å². The Bertz CT molecular complexity index is 300. The largest absolute Gasteiger partial charge is 0.283 e. The summed E-state index contributed by atoms with van der Waals surface area (Å²) in [4.78, 5) is 0. The zero-order valence-electron chi connectivity index (χ0n) is 6.81. The summed E-state index contributed by atoms with van der Waals surface area (Å²) in [5.41, 5.74) is 6.19. The molecule has 0 amide bonds. The molecule has 1 aromatic carbocycles. The number of para-hydroxylation sites is 1. The third kappa shape index (κ3) is 1.88. The molecule has 2 N–H and O–H groups in total. The van der Waals surface area contributed by atoms with Crippen LogP contribution >= 0.6 is 0 Å². The van der Waals surface area contributed by atoms with E-state index in [4.69, 9.17) is 0 Å². The van der Waals surface area contributed by atoms with Crippen LogP contribution in [0.15, 0.2) is 42.7 Å². The maximum absolute atomic E-state index is 12.4. The molecule has 68 valence electrons. The molecule has 0 aliphatic carbocycles. The first kappa shape index (κ1) is 7.88. The lowest BCUT2D eigenvalue weighted by atomic mass is 10.3. The third-order valence-corrected chi connectivity index (χ3v) is 1.57. The predicted octanol–water partition coefficient (Wildman–Crippen LogP) is 1.41. The van der Waals surface area contributed by atoms with E-state index in [1.165, 1.54) is 17.5 Å². The van der Waals surface area contributed by atoms with E-state index in [9.17, 15) is 4.48 Å². The molecule has 2 rings (SSSR count). The van der Waals surface area contributed by atoms with Crippen LogP contribution in [0.5, 0.6) is 0 Å². The highest BCUT2D eigenvalue weighted by Crippen LogP contribution is 2.08. The van der Waals surface area contributed by atoms with Gasteiger partial charge in [0.1, 0.15) is 0 Å². The van der Waals surface area contributed by atoms with E-state index >= 15 is 0 Å². The number of anilines is 1. The fraction of sp³-hybridized carbons (Fsp3) is 0. The minimum absolute atomic E-state index is 0.357. The summed E-state index contributed by atoms with van der Waals surface area (Å²) in [6.07, 6.45) is 2.79. The second-order valence-corrected chi connectivity index (χ2v) is 2.56. The van der Waals surface area contributed by atoms with Gasteiger partial charge in [0, 0.05) is 0 Å². The fourth-order valence-electron chi connectivity index (χ4n) is 1.01. The van der Waals surface area contributed by atoms with Crippen molar-refractivity contribution in [2.75, 3.05) is 5.43 Å². The Balaban J connectivity index is 1.96. The van der Waals surface area contributed by atoms with Gasteiger partial charge < -0.3 is 0 Å². The summed E-state index contributed by atoms with van der Waals surface area (Å²) >= 11 is 0. The van der Waals surface area contributed by atoms with Gasteiger partial charge in [-0.05, 0) is 12.1 Å². The Labute approximate surface area is 75.1 Å². The number of benzene rings is 1. The van der Waals surface area contributed by atoms with Gasteiger partial charge in [-0.25, -0.2) is 5.12 Å². The molecule has 1 aliphatic rings. The van der Waals surface area contributed by atoms with E-state index in [0.29, 0.717) is 5.23 Å². The van der Waals surface area contributed by atoms with Crippen molar-refractivity contribution in [1.82, 2.24) is 15.9 Å². The van der Waals surface area contributed by atoms with Crippen molar-refractivity contribution in [3.8, 4) is 0 Å². The Morgan fingerprint density at radius 3 is 2.54 bits per heavy atom. The molecule has 13 heavy (non-hydrogen) atoms. The Hall–Kier alpha value is -1.75. The van der Waals surface area contributed by atoms with Crippen molar-refractivity contribution in [1.29, 1.82) is 0 Å². The van der Waals surface area contributed by atoms with Crippen molar-refractivity contribution >= 4 is 5.69 Å². The molecule has 0 unspecified atom stereocenters. The normalized spacial score (nSPS) is 15.2. The average Bonchev–Trinajstić information content (AvgIpc) is 2.53. The number of hydrazine groups is 3. The number of rotatable bonds is 2. The van der Waals surface area contributed by atoms with Crippen LogP contribution in [0, 0.1) is 0 Å². The quantitative estimate of drug-likeness (QED) is 0.673. The highest BCUT2D eigenvalue weighted by Gasteiger charge is 2.08. The zero-order valence-corrected chi connectivity index (χ0v) is 6.81. The Morgan fingerprint density at radius 2 is 1.92 bits per heavy atom. The molecule has 0 atom stereocenters. The summed E-state index contributed by atoms with van der Waals surface area (Å²) in [6.45, 7) is 0. The van der Waals surface area contributed by atoms with Gasteiger partial charge in [0.25, 0.3) is 0 Å². The van der Waals surface area contributed by atoms with Gasteiger partial charge in [0.05, 0.1) is 18.1 Å². The summed E-state index contributed by atoms with van der Waals surface area (Å²) in [6, 6.07) is 9.48. The summed E-state index contributed by atoms with van der Waals surface area (Å²) in [5.74, 6) is 0. The standard InChI is InChI=1S/C8H9FN4/c9-12-6-7-13(11-12)10-8-4-2-1-3-5-8/h1-7,10-11H. The molecule has 4 nitrogen and oxygen atoms in total. The van der Waals surface area contributed by atoms with Crippen molar-refractivity contribution in [3.63, 3.8) is 0 Å². The van der Waals surface area contributed by atoms with E-state index in [2.05, 4.69) is 11.0 Å². The molecule has 0 spiro atoms. The first-order valence-electron chi connectivity index (χ1n) is 3.85. The number of halogens is 1. The van der Waals surface area contributed by atoms with Gasteiger partial charge in [-0.2, -0.15) is 0 Å². The molecule has 0 bridgehead atoms. The summed E-state index contributed by atoms with van der Waals surface area (Å²) in [5, 5.41) is 1.77. The lowest BCUT2D eigenvalue weighted by molar-refractivity contribution is -0.0155. The average molecular weight is 180 g/mol. The molecule has 0 fully saturated rings. The molecule has 1 aliphatic heterocycles. The fourth-order valence-corrected chi connectivity index (χ4v) is 1.01. The number of hydrogen-bond donors (Lipinski definition) is 2. The van der Waals surface area contributed by atoms with Crippen LogP contribution in [0.25, 0.3) is 0 Å². The molecule has 0 aromatic heterocycles. The zero-order chi connectivity index (χ0) is 9.10. The molecule has 5 heteroatoms. The second-order valence-electron chi connectivity index (χ2n) is 2.56. The van der Waals surface area contributed by atoms with E-state index in [1.54, 1.807) is 0 Å². The second kappa shape index (κ2) is 3.32. The third-order valence-electron chi connectivity index (χ3n) is 1.57. The van der Waals surface area contributed by atoms with Crippen LogP contribution in [0.4, 0.5) is 10.2 Å². The van der Waals surface area contributed by atoms with Gasteiger partial charge in [-0.15, -0.1) is 5.23 Å². The Morgan fingerprint density at radius 1 is 1.15 bits per heavy atom. The van der Waals surface area contributed by atoms with Crippen molar-refractivity contribution in [2.45, 2.75) is 0 Å². The summed E-state index contributed by atoms with van der Waals surface area (Å²) in [7, 11) is 0. The van der Waals surface area contributed by atoms with E-state index in [-0.39, 0.29) is 0 Å². The van der Waals surface area contributed by atoms with Gasteiger partial charge in [0.15, 0.2) is 0 Å². The minimum atomic E-state index is 0.357. The molecular weight excluding hydrogens is 171 g/mol. The summed E-state index contributed by atoms with van der Waals surface area (Å²) < 4.78 is 12.4. The number of hydrogen-bond acceptors (Lipinski definition) is 4. The van der Waals surface area contributed by atoms with Crippen molar-refractivity contribution in [3.05, 3.63) is 42.7 Å². The maximum atomic E-state index is 12.4. The highest BCUT2D eigenvalue weighted by atomic mass is 19.2. The van der Waals surface area contributed by atoms with Crippen LogP contribution in [0.1, 0.15) is 0 Å². The first-order chi connectivity index (χ1) is 6.34. The molecule has 0 radical (unpaired) electrons. The highest BCUT2D eigenvalue weighted by molar-refractivity contribution is 5.41. The van der Waals surface area contributed by atoms with Crippen LogP contribution in [-0.4, -0.2) is 10.3 Å². The van der Waals surface area contributed by atoms with Crippen LogP contribution in [0.2, 0.25) is 0 Å². The van der Waals surface area contributed by atoms with E-state index < -0.39 is 0 Å². The monoisotopic (exact) mass is 180 g/mol. The SMILES string of the molecule is FN1C=CN(Nc2ccccc2)N1. The molecule has 1 heterocycles. The number of nitrogens with one attached hydrogen (secondary N) is 2. The van der Waals surface area contributed by atoms with Crippen molar-refractivity contribution in [2.24, 2.45) is 0 Å². The van der Waals surface area contributed by atoms with Gasteiger partial charge in [-0.1, -0.05) is 28.2 Å². The minimum Gasteiger partial charge on any atom is -0.283 e. The molecule has 1 aromatic rings. The smallest absolute Gasteiger partial charge is 0.0729 e. The van der Waals surface area contributed by atoms with Crippen molar-refractivity contribution < 1.29 is 4.48 Å². The molecule has 0 saturated heterocycles. The van der Waals surface area contributed by atoms with Gasteiger partial charge >= 0.3 is 0 Å². The van der Waals surface area contributed by atoms with Crippen LogP contribution in [-0.2, 0) is 0 Å². The Kier molecular flexibility index (Phi) is 2.01. The van der Waals surface area contributed by atoms with Gasteiger partial charge in [0.2, 0.25) is 0 Å². The van der Waals surface area contributed by atoms with E-state index in [0.717, 1.165) is 5.69 Å². The lowest BCUT2D eigenvalue weighted by Gasteiger charge is -2.18. The lowest BCUT2D eigenvalue weighted by Crippen LogP contribution is -2.38. The van der Waals surface area contributed by atoms with E-state index in [1.807, 2.05) is 30.3 Å². The predicted molar refractivity (Wildman–Crippen MR) is 47.1 cm³/mol. The van der Waals surface area contributed by atoms with Crippen LogP contribution < -0.4 is 11.0 Å². The molecular formula is C8H9FN4. The maximum Gasteiger partial charge on any atom is 0.0729 e. The van der Waals surface area contributed by atoms with Gasteiger partial charge in [-0.3, -0.25) is 5.43 Å². The number of nitrogens with zero attached hydrogens (tertiary/aromatic N) is 2.